The molecular weight excluding hydrogens is 226 g/mol. The van der Waals surface area contributed by atoms with Gasteiger partial charge in [0.2, 0.25) is 0 Å². The predicted molar refractivity (Wildman–Crippen MR) is 80.4 cm³/mol. The van der Waals surface area contributed by atoms with E-state index in [0.29, 0.717) is 5.56 Å². The van der Waals surface area contributed by atoms with Gasteiger partial charge in [-0.1, -0.05) is 41.5 Å². The second-order valence-corrected chi connectivity index (χ2v) is 2.31. The van der Waals surface area contributed by atoms with Gasteiger partial charge in [-0.2, -0.15) is 0 Å². The molecule has 106 valence electrons. The SMILES string of the molecule is CC.CC.CC.CNC(=O)c1ccc(OC)cc1. The van der Waals surface area contributed by atoms with Gasteiger partial charge in [0, 0.05) is 12.6 Å². The van der Waals surface area contributed by atoms with Gasteiger partial charge in [-0.25, -0.2) is 0 Å². The molecule has 1 N–H and O–H groups in total. The van der Waals surface area contributed by atoms with Crippen LogP contribution < -0.4 is 10.1 Å². The van der Waals surface area contributed by atoms with Crippen molar-refractivity contribution >= 4 is 5.91 Å². The van der Waals surface area contributed by atoms with Crippen molar-refractivity contribution in [3.05, 3.63) is 29.8 Å². The molecule has 0 atom stereocenters. The van der Waals surface area contributed by atoms with Crippen LogP contribution in [-0.4, -0.2) is 20.1 Å². The fourth-order valence-corrected chi connectivity index (χ4v) is 0.887. The summed E-state index contributed by atoms with van der Waals surface area (Å²) in [5, 5.41) is 2.54. The van der Waals surface area contributed by atoms with E-state index in [1.807, 2.05) is 41.5 Å². The molecular formula is C15H29NO2. The largest absolute Gasteiger partial charge is 0.497 e. The highest BCUT2D eigenvalue weighted by atomic mass is 16.5. The Balaban J connectivity index is -0.000000328. The fourth-order valence-electron chi connectivity index (χ4n) is 0.887. The normalized spacial score (nSPS) is 7.11. The maximum atomic E-state index is 11.1. The number of hydrogen-bond acceptors (Lipinski definition) is 2. The zero-order valence-corrected chi connectivity index (χ0v) is 13.1. The average Bonchev–Trinajstić information content (AvgIpc) is 2.52. The molecule has 1 rings (SSSR count). The van der Waals surface area contributed by atoms with E-state index < -0.39 is 0 Å². The van der Waals surface area contributed by atoms with Crippen molar-refractivity contribution in [3.63, 3.8) is 0 Å². The van der Waals surface area contributed by atoms with Crippen LogP contribution in [0.25, 0.3) is 0 Å². The molecule has 3 nitrogen and oxygen atoms in total. The van der Waals surface area contributed by atoms with Crippen molar-refractivity contribution < 1.29 is 9.53 Å². The first-order valence-corrected chi connectivity index (χ1v) is 6.64. The van der Waals surface area contributed by atoms with E-state index >= 15 is 0 Å². The number of nitrogens with one attached hydrogen (secondary N) is 1. The Morgan fingerprint density at radius 2 is 1.33 bits per heavy atom. The predicted octanol–water partition coefficient (Wildman–Crippen LogP) is 4.13. The third kappa shape index (κ3) is 9.70. The number of benzene rings is 1. The van der Waals surface area contributed by atoms with Crippen LogP contribution in [0.1, 0.15) is 51.9 Å². The van der Waals surface area contributed by atoms with E-state index in [4.69, 9.17) is 4.74 Å². The number of carbonyl (C=O) groups is 1. The summed E-state index contributed by atoms with van der Waals surface area (Å²) in [5.41, 5.74) is 0.637. The Morgan fingerprint density at radius 3 is 1.61 bits per heavy atom. The lowest BCUT2D eigenvalue weighted by molar-refractivity contribution is 0.0963. The molecule has 0 spiro atoms. The summed E-state index contributed by atoms with van der Waals surface area (Å²) >= 11 is 0. The Labute approximate surface area is 113 Å². The number of amides is 1. The van der Waals surface area contributed by atoms with Gasteiger partial charge in [-0.05, 0) is 24.3 Å². The van der Waals surface area contributed by atoms with Crippen LogP contribution in [0.5, 0.6) is 5.75 Å². The van der Waals surface area contributed by atoms with Crippen molar-refractivity contribution in [2.75, 3.05) is 14.2 Å². The van der Waals surface area contributed by atoms with E-state index in [2.05, 4.69) is 5.32 Å². The van der Waals surface area contributed by atoms with Gasteiger partial charge < -0.3 is 10.1 Å². The summed E-state index contributed by atoms with van der Waals surface area (Å²) in [6, 6.07) is 6.95. The van der Waals surface area contributed by atoms with Crippen LogP contribution in [0.15, 0.2) is 24.3 Å². The zero-order chi connectivity index (χ0) is 15.0. The Bertz CT molecular complexity index is 268. The first kappa shape index (κ1) is 21.7. The maximum absolute atomic E-state index is 11.1. The number of methoxy groups -OCH3 is 1. The lowest BCUT2D eigenvalue weighted by Crippen LogP contribution is -2.17. The molecule has 0 unspecified atom stereocenters. The van der Waals surface area contributed by atoms with Gasteiger partial charge in [0.1, 0.15) is 5.75 Å². The zero-order valence-electron chi connectivity index (χ0n) is 13.1. The van der Waals surface area contributed by atoms with Crippen molar-refractivity contribution in [3.8, 4) is 5.75 Å². The number of hydrogen-bond donors (Lipinski definition) is 1. The minimum absolute atomic E-state index is 0.0855. The van der Waals surface area contributed by atoms with Gasteiger partial charge in [0.15, 0.2) is 0 Å². The van der Waals surface area contributed by atoms with E-state index in [9.17, 15) is 4.79 Å². The van der Waals surface area contributed by atoms with Crippen molar-refractivity contribution in [2.45, 2.75) is 41.5 Å². The molecule has 0 aromatic heterocycles. The fraction of sp³-hybridized carbons (Fsp3) is 0.533. The van der Waals surface area contributed by atoms with Gasteiger partial charge >= 0.3 is 0 Å². The molecule has 0 aliphatic rings. The van der Waals surface area contributed by atoms with E-state index in [0.717, 1.165) is 5.75 Å². The molecule has 0 radical (unpaired) electrons. The molecule has 3 heteroatoms. The summed E-state index contributed by atoms with van der Waals surface area (Å²) < 4.78 is 4.95. The summed E-state index contributed by atoms with van der Waals surface area (Å²) in [5.74, 6) is 0.667. The van der Waals surface area contributed by atoms with Crippen LogP contribution >= 0.6 is 0 Å². The maximum Gasteiger partial charge on any atom is 0.251 e. The van der Waals surface area contributed by atoms with Crippen molar-refractivity contribution in [1.82, 2.24) is 5.32 Å². The highest BCUT2D eigenvalue weighted by molar-refractivity contribution is 5.94. The molecule has 0 saturated heterocycles. The average molecular weight is 255 g/mol. The Hall–Kier alpha value is -1.51. The lowest BCUT2D eigenvalue weighted by Gasteiger charge is -2.01. The van der Waals surface area contributed by atoms with Crippen molar-refractivity contribution in [1.29, 1.82) is 0 Å². The molecule has 1 aromatic carbocycles. The molecule has 0 saturated carbocycles. The summed E-state index contributed by atoms with van der Waals surface area (Å²) in [4.78, 5) is 11.1. The smallest absolute Gasteiger partial charge is 0.251 e. The van der Waals surface area contributed by atoms with Crippen LogP contribution in [-0.2, 0) is 0 Å². The van der Waals surface area contributed by atoms with Crippen molar-refractivity contribution in [2.24, 2.45) is 0 Å². The minimum Gasteiger partial charge on any atom is -0.497 e. The topological polar surface area (TPSA) is 38.3 Å². The molecule has 1 aromatic rings. The second-order valence-electron chi connectivity index (χ2n) is 2.31. The molecule has 0 heterocycles. The van der Waals surface area contributed by atoms with Gasteiger partial charge in [0.05, 0.1) is 7.11 Å². The van der Waals surface area contributed by atoms with Crippen LogP contribution in [0.2, 0.25) is 0 Å². The minimum atomic E-state index is -0.0855. The Kier molecular flexibility index (Phi) is 21.6. The van der Waals surface area contributed by atoms with Gasteiger partial charge in [-0.3, -0.25) is 4.79 Å². The standard InChI is InChI=1S/C9H11NO2.3C2H6/c1-10-9(11)7-3-5-8(12-2)6-4-7;3*1-2/h3-6H,1-2H3,(H,10,11);3*1-2H3. The third-order valence-electron chi connectivity index (χ3n) is 1.58. The highest BCUT2D eigenvalue weighted by Gasteiger charge is 2.01. The summed E-state index contributed by atoms with van der Waals surface area (Å²) in [6.07, 6.45) is 0. The molecule has 0 bridgehead atoms. The van der Waals surface area contributed by atoms with E-state index in [-0.39, 0.29) is 5.91 Å². The van der Waals surface area contributed by atoms with Crippen LogP contribution in [0.4, 0.5) is 0 Å². The van der Waals surface area contributed by atoms with Crippen LogP contribution in [0, 0.1) is 0 Å². The molecule has 18 heavy (non-hydrogen) atoms. The molecule has 0 aliphatic heterocycles. The first-order chi connectivity index (χ1) is 8.77. The molecule has 0 aliphatic carbocycles. The number of carbonyl (C=O) groups excluding carboxylic acids is 1. The highest BCUT2D eigenvalue weighted by Crippen LogP contribution is 2.10. The second kappa shape index (κ2) is 17.9. The third-order valence-corrected chi connectivity index (χ3v) is 1.58. The first-order valence-electron chi connectivity index (χ1n) is 6.64. The quantitative estimate of drug-likeness (QED) is 0.862. The van der Waals surface area contributed by atoms with Crippen LogP contribution in [0.3, 0.4) is 0 Å². The monoisotopic (exact) mass is 255 g/mol. The summed E-state index contributed by atoms with van der Waals surface area (Å²) in [7, 11) is 3.20. The van der Waals surface area contributed by atoms with Gasteiger partial charge in [-0.15, -0.1) is 0 Å². The number of ether oxygens (including phenoxy) is 1. The number of rotatable bonds is 2. The molecule has 0 fully saturated rings. The van der Waals surface area contributed by atoms with E-state index in [1.165, 1.54) is 0 Å². The molecule has 1 amide bonds. The van der Waals surface area contributed by atoms with E-state index in [1.54, 1.807) is 38.4 Å². The van der Waals surface area contributed by atoms with Gasteiger partial charge in [0.25, 0.3) is 5.91 Å². The lowest BCUT2D eigenvalue weighted by atomic mass is 10.2. The summed E-state index contributed by atoms with van der Waals surface area (Å²) in [6.45, 7) is 12.0. The Morgan fingerprint density at radius 1 is 0.944 bits per heavy atom.